The second-order valence-electron chi connectivity index (χ2n) is 8.18. The summed E-state index contributed by atoms with van der Waals surface area (Å²) in [6.45, 7) is 2.59. The van der Waals surface area contributed by atoms with E-state index < -0.39 is 0 Å². The number of carbonyl (C=O) groups excluding carboxylic acids is 1. The summed E-state index contributed by atoms with van der Waals surface area (Å²) in [5, 5.41) is 14.0. The number of thioether (sulfide) groups is 1. The minimum atomic E-state index is -0.363. The summed E-state index contributed by atoms with van der Waals surface area (Å²) >= 11 is 5.19. The molecule has 1 heterocycles. The number of ether oxygens (including phenoxy) is 1. The number of esters is 1. The highest BCUT2D eigenvalue weighted by Crippen LogP contribution is 2.41. The minimum absolute atomic E-state index is 0. The summed E-state index contributed by atoms with van der Waals surface area (Å²) in [6.07, 6.45) is 0. The molecule has 1 aromatic heterocycles. The molecule has 0 bridgehead atoms. The summed E-state index contributed by atoms with van der Waals surface area (Å²) in [6, 6.07) is 16.5. The van der Waals surface area contributed by atoms with Gasteiger partial charge in [0.1, 0.15) is 5.75 Å². The summed E-state index contributed by atoms with van der Waals surface area (Å²) in [5.41, 5.74) is 3.00. The van der Waals surface area contributed by atoms with E-state index >= 15 is 0 Å². The fourth-order valence-electron chi connectivity index (χ4n) is 4.21. The Hall–Kier alpha value is -2.19. The van der Waals surface area contributed by atoms with Crippen molar-refractivity contribution in [2.24, 2.45) is 7.05 Å². The van der Waals surface area contributed by atoms with E-state index in [1.807, 2.05) is 55.7 Å². The highest BCUT2D eigenvalue weighted by Gasteiger charge is 2.27. The number of aromatic hydroxyl groups is 1. The lowest BCUT2D eigenvalue weighted by molar-refractivity contribution is 0.0527. The lowest BCUT2D eigenvalue weighted by Crippen LogP contribution is -2.13. The Morgan fingerprint density at radius 1 is 1.18 bits per heavy atom. The maximum Gasteiger partial charge on any atom is 0.340 e. The van der Waals surface area contributed by atoms with Crippen molar-refractivity contribution in [1.29, 1.82) is 0 Å². The number of carbonyl (C=O) groups is 1. The number of hydrogen-bond acceptors (Lipinski definition) is 5. The third-order valence-electron chi connectivity index (χ3n) is 5.71. The summed E-state index contributed by atoms with van der Waals surface area (Å²) in [4.78, 5) is 16.3. The standard InChI is InChI=1S/C26H27BrN2O3S.ClH/c1-5-32-26(31)24-21(15-33-22-12-8-10-16-9-6-7-11-17(16)22)29(4)20-13-19(27)25(30)18(23(20)24)14-28(2)3;/h6-13,30H,5,14-15H2,1-4H3;1H. The zero-order valence-electron chi connectivity index (χ0n) is 19.6. The molecule has 0 fully saturated rings. The number of aromatic nitrogens is 1. The fraction of sp³-hybridized carbons (Fsp3) is 0.269. The van der Waals surface area contributed by atoms with Crippen molar-refractivity contribution in [1.82, 2.24) is 9.47 Å². The van der Waals surface area contributed by atoms with Gasteiger partial charge in [-0.1, -0.05) is 36.4 Å². The van der Waals surface area contributed by atoms with Gasteiger partial charge in [0.2, 0.25) is 0 Å². The van der Waals surface area contributed by atoms with Gasteiger partial charge in [-0.05, 0) is 59.9 Å². The molecule has 8 heteroatoms. The van der Waals surface area contributed by atoms with Gasteiger partial charge in [-0.2, -0.15) is 0 Å². The van der Waals surface area contributed by atoms with Crippen molar-refractivity contribution in [2.75, 3.05) is 20.7 Å². The Morgan fingerprint density at radius 3 is 2.59 bits per heavy atom. The fourth-order valence-corrected chi connectivity index (χ4v) is 5.81. The Kier molecular flexibility index (Phi) is 8.57. The van der Waals surface area contributed by atoms with E-state index in [1.165, 1.54) is 10.8 Å². The van der Waals surface area contributed by atoms with Crippen LogP contribution in [0.15, 0.2) is 57.9 Å². The normalized spacial score (nSPS) is 11.2. The number of phenols is 1. The molecule has 4 aromatic rings. The van der Waals surface area contributed by atoms with E-state index in [0.29, 0.717) is 27.9 Å². The first-order valence-electron chi connectivity index (χ1n) is 10.8. The third kappa shape index (κ3) is 4.93. The number of benzene rings is 3. The van der Waals surface area contributed by atoms with Crippen molar-refractivity contribution in [3.63, 3.8) is 0 Å². The van der Waals surface area contributed by atoms with Gasteiger partial charge in [-0.15, -0.1) is 24.2 Å². The molecule has 0 saturated carbocycles. The number of rotatable bonds is 7. The number of aryl methyl sites for hydroxylation is 1. The monoisotopic (exact) mass is 562 g/mol. The van der Waals surface area contributed by atoms with Crippen LogP contribution in [0.2, 0.25) is 0 Å². The van der Waals surface area contributed by atoms with Crippen LogP contribution in [0.5, 0.6) is 5.75 Å². The first-order chi connectivity index (χ1) is 15.8. The molecule has 0 aliphatic rings. The van der Waals surface area contributed by atoms with Crippen LogP contribution in [0.4, 0.5) is 0 Å². The highest BCUT2D eigenvalue weighted by atomic mass is 79.9. The molecule has 0 aliphatic carbocycles. The first kappa shape index (κ1) is 26.4. The minimum Gasteiger partial charge on any atom is -0.506 e. The SMILES string of the molecule is CCOC(=O)c1c(CSc2cccc3ccccc23)n(C)c2cc(Br)c(O)c(CN(C)C)c12.Cl. The molecule has 180 valence electrons. The number of hydrogen-bond donors (Lipinski definition) is 1. The predicted octanol–water partition coefficient (Wildman–Crippen LogP) is 6.75. The molecular formula is C26H28BrClN2O3S. The number of nitrogens with zero attached hydrogens (tertiary/aromatic N) is 2. The maximum atomic E-state index is 13.2. The van der Waals surface area contributed by atoms with Gasteiger partial charge in [-0.25, -0.2) is 4.79 Å². The largest absolute Gasteiger partial charge is 0.506 e. The van der Waals surface area contributed by atoms with E-state index in [-0.39, 0.29) is 30.7 Å². The van der Waals surface area contributed by atoms with E-state index in [2.05, 4.69) is 46.3 Å². The molecule has 34 heavy (non-hydrogen) atoms. The third-order valence-corrected chi connectivity index (χ3v) is 7.40. The zero-order valence-corrected chi connectivity index (χ0v) is 22.8. The van der Waals surface area contributed by atoms with Gasteiger partial charge < -0.3 is 19.3 Å². The highest BCUT2D eigenvalue weighted by molar-refractivity contribution is 9.10. The van der Waals surface area contributed by atoms with E-state index in [9.17, 15) is 9.90 Å². The van der Waals surface area contributed by atoms with Crippen molar-refractivity contribution in [3.8, 4) is 5.75 Å². The number of fused-ring (bicyclic) bond motifs is 2. The van der Waals surface area contributed by atoms with Gasteiger partial charge in [0, 0.05) is 40.9 Å². The van der Waals surface area contributed by atoms with E-state index in [1.54, 1.807) is 11.8 Å². The molecule has 0 atom stereocenters. The number of phenolic OH excluding ortho intramolecular Hbond substituents is 1. The van der Waals surface area contributed by atoms with E-state index in [0.717, 1.165) is 21.5 Å². The zero-order chi connectivity index (χ0) is 23.7. The molecule has 0 amide bonds. The van der Waals surface area contributed by atoms with Gasteiger partial charge in [0.15, 0.2) is 0 Å². The second kappa shape index (κ2) is 11.0. The van der Waals surface area contributed by atoms with Crippen LogP contribution in [0.3, 0.4) is 0 Å². The molecule has 0 spiro atoms. The topological polar surface area (TPSA) is 54.7 Å². The van der Waals surface area contributed by atoms with Crippen LogP contribution in [-0.2, 0) is 24.1 Å². The van der Waals surface area contributed by atoms with Crippen LogP contribution < -0.4 is 0 Å². The van der Waals surface area contributed by atoms with Crippen LogP contribution in [0.25, 0.3) is 21.7 Å². The Morgan fingerprint density at radius 2 is 1.88 bits per heavy atom. The first-order valence-corrected chi connectivity index (χ1v) is 12.5. The van der Waals surface area contributed by atoms with Gasteiger partial charge in [0.05, 0.1) is 22.2 Å². The van der Waals surface area contributed by atoms with Crippen molar-refractivity contribution in [3.05, 3.63) is 69.8 Å². The average Bonchev–Trinajstić information content (AvgIpc) is 3.06. The second-order valence-corrected chi connectivity index (χ2v) is 10.1. The Bertz CT molecular complexity index is 1350. The van der Waals surface area contributed by atoms with Crippen LogP contribution in [0.1, 0.15) is 28.5 Å². The average molecular weight is 564 g/mol. The summed E-state index contributed by atoms with van der Waals surface area (Å²) < 4.78 is 8.13. The number of halogens is 2. The lowest BCUT2D eigenvalue weighted by atomic mass is 10.0. The van der Waals surface area contributed by atoms with Gasteiger partial charge in [0.25, 0.3) is 0 Å². The lowest BCUT2D eigenvalue weighted by Gasteiger charge is -2.15. The molecular weight excluding hydrogens is 536 g/mol. The quantitative estimate of drug-likeness (QED) is 0.199. The molecule has 0 aliphatic heterocycles. The van der Waals surface area contributed by atoms with Crippen molar-refractivity contribution in [2.45, 2.75) is 24.1 Å². The van der Waals surface area contributed by atoms with E-state index in [4.69, 9.17) is 4.74 Å². The van der Waals surface area contributed by atoms with Crippen LogP contribution >= 0.6 is 40.1 Å². The molecule has 0 unspecified atom stereocenters. The van der Waals surface area contributed by atoms with Crippen LogP contribution in [-0.4, -0.2) is 41.2 Å². The predicted molar refractivity (Wildman–Crippen MR) is 146 cm³/mol. The van der Waals surface area contributed by atoms with Gasteiger partial charge >= 0.3 is 5.97 Å². The molecule has 0 saturated heterocycles. The van der Waals surface area contributed by atoms with Gasteiger partial charge in [-0.3, -0.25) is 0 Å². The molecule has 4 rings (SSSR count). The Balaban J connectivity index is 0.00000324. The molecule has 0 radical (unpaired) electrons. The van der Waals surface area contributed by atoms with Crippen LogP contribution in [0, 0.1) is 0 Å². The molecule has 5 nitrogen and oxygen atoms in total. The molecule has 3 aromatic carbocycles. The van der Waals surface area contributed by atoms with Crippen molar-refractivity contribution < 1.29 is 14.6 Å². The molecule has 1 N–H and O–H groups in total. The maximum absolute atomic E-state index is 13.2. The summed E-state index contributed by atoms with van der Waals surface area (Å²) in [5.74, 6) is 0.381. The van der Waals surface area contributed by atoms with Crippen molar-refractivity contribution >= 4 is 67.7 Å². The summed E-state index contributed by atoms with van der Waals surface area (Å²) in [7, 11) is 5.85. The Labute approximate surface area is 218 Å². The smallest absolute Gasteiger partial charge is 0.340 e.